The van der Waals surface area contributed by atoms with Crippen molar-refractivity contribution in [2.24, 2.45) is 18.1 Å². The molecule has 5 nitrogen and oxygen atoms in total. The SMILES string of the molecule is Cn1cc([C@H]2C[C@H]2C(=O)NN=C(c2ccccc2)c2ccccc2)cn1. The Hall–Kier alpha value is -3.21. The molecule has 0 saturated heterocycles. The van der Waals surface area contributed by atoms with E-state index in [0.717, 1.165) is 28.8 Å². The standard InChI is InChI=1S/C21H20N4O/c1-25-14-17(13-22-25)18-12-19(18)21(26)24-23-20(15-8-4-2-5-9-15)16-10-6-3-7-11-16/h2-11,13-14,18-19H,12H2,1H3,(H,24,26)/t18-,19-/m1/s1. The second-order valence-electron chi connectivity index (χ2n) is 6.56. The summed E-state index contributed by atoms with van der Waals surface area (Å²) in [5, 5.41) is 8.64. The number of nitrogens with one attached hydrogen (secondary N) is 1. The summed E-state index contributed by atoms with van der Waals surface area (Å²) in [4.78, 5) is 12.5. The highest BCUT2D eigenvalue weighted by molar-refractivity contribution is 6.13. The molecule has 26 heavy (non-hydrogen) atoms. The molecule has 5 heteroatoms. The molecule has 2 atom stereocenters. The summed E-state index contributed by atoms with van der Waals surface area (Å²) in [6.45, 7) is 0. The molecule has 3 aromatic rings. The fourth-order valence-corrected chi connectivity index (χ4v) is 3.17. The minimum absolute atomic E-state index is 0.0317. The molecule has 1 aliphatic rings. The van der Waals surface area contributed by atoms with Gasteiger partial charge in [-0.2, -0.15) is 10.2 Å². The van der Waals surface area contributed by atoms with E-state index in [9.17, 15) is 4.79 Å². The van der Waals surface area contributed by atoms with E-state index in [2.05, 4.69) is 15.6 Å². The van der Waals surface area contributed by atoms with E-state index in [1.54, 1.807) is 4.68 Å². The van der Waals surface area contributed by atoms with Gasteiger partial charge in [-0.25, -0.2) is 5.43 Å². The van der Waals surface area contributed by atoms with Gasteiger partial charge in [0.2, 0.25) is 5.91 Å². The van der Waals surface area contributed by atoms with Crippen LogP contribution in [0.1, 0.15) is 29.0 Å². The average molecular weight is 344 g/mol. The summed E-state index contributed by atoms with van der Waals surface area (Å²) < 4.78 is 1.77. The molecule has 130 valence electrons. The van der Waals surface area contributed by atoms with Gasteiger partial charge >= 0.3 is 0 Å². The van der Waals surface area contributed by atoms with Crippen LogP contribution < -0.4 is 5.43 Å². The minimum Gasteiger partial charge on any atom is -0.276 e. The van der Waals surface area contributed by atoms with Crippen molar-refractivity contribution in [1.29, 1.82) is 0 Å². The largest absolute Gasteiger partial charge is 0.276 e. The number of benzene rings is 2. The van der Waals surface area contributed by atoms with Crippen LogP contribution in [0.3, 0.4) is 0 Å². The molecule has 0 bridgehead atoms. The van der Waals surface area contributed by atoms with Crippen molar-refractivity contribution in [3.63, 3.8) is 0 Å². The van der Waals surface area contributed by atoms with E-state index in [0.29, 0.717) is 0 Å². The quantitative estimate of drug-likeness (QED) is 0.571. The molecule has 4 rings (SSSR count). The molecule has 0 aliphatic heterocycles. The van der Waals surface area contributed by atoms with Crippen molar-refractivity contribution in [3.8, 4) is 0 Å². The zero-order valence-corrected chi connectivity index (χ0v) is 14.5. The predicted octanol–water partition coefficient (Wildman–Crippen LogP) is 3.09. The van der Waals surface area contributed by atoms with Crippen molar-refractivity contribution in [2.75, 3.05) is 0 Å². The van der Waals surface area contributed by atoms with Gasteiger partial charge in [0.15, 0.2) is 0 Å². The summed E-state index contributed by atoms with van der Waals surface area (Å²) in [6.07, 6.45) is 4.65. The highest BCUT2D eigenvalue weighted by Crippen LogP contribution is 2.47. The van der Waals surface area contributed by atoms with E-state index in [-0.39, 0.29) is 17.7 Å². The van der Waals surface area contributed by atoms with Crippen LogP contribution in [0.5, 0.6) is 0 Å². The predicted molar refractivity (Wildman–Crippen MR) is 101 cm³/mol. The van der Waals surface area contributed by atoms with Gasteiger partial charge in [-0.3, -0.25) is 9.48 Å². The maximum Gasteiger partial charge on any atom is 0.243 e. The maximum atomic E-state index is 12.5. The summed E-state index contributed by atoms with van der Waals surface area (Å²) in [5.74, 6) is 0.176. The molecule has 1 aromatic heterocycles. The van der Waals surface area contributed by atoms with Gasteiger partial charge in [-0.1, -0.05) is 60.7 Å². The van der Waals surface area contributed by atoms with Crippen molar-refractivity contribution < 1.29 is 4.79 Å². The zero-order chi connectivity index (χ0) is 17.9. The molecule has 2 aromatic carbocycles. The Labute approximate surface area is 152 Å². The lowest BCUT2D eigenvalue weighted by Crippen LogP contribution is -2.22. The molecule has 1 fully saturated rings. The lowest BCUT2D eigenvalue weighted by Gasteiger charge is -2.08. The smallest absolute Gasteiger partial charge is 0.243 e. The third kappa shape index (κ3) is 3.42. The summed E-state index contributed by atoms with van der Waals surface area (Å²) in [7, 11) is 1.89. The van der Waals surface area contributed by atoms with Crippen LogP contribution in [0.15, 0.2) is 78.2 Å². The molecular weight excluding hydrogens is 324 g/mol. The van der Waals surface area contributed by atoms with Crippen LogP contribution in [0.25, 0.3) is 0 Å². The number of amides is 1. The molecule has 0 spiro atoms. The monoisotopic (exact) mass is 344 g/mol. The van der Waals surface area contributed by atoms with E-state index < -0.39 is 0 Å². The maximum absolute atomic E-state index is 12.5. The first-order valence-corrected chi connectivity index (χ1v) is 8.69. The van der Waals surface area contributed by atoms with Gasteiger partial charge in [0.05, 0.1) is 11.9 Å². The molecule has 1 heterocycles. The number of hydrogen-bond donors (Lipinski definition) is 1. The Morgan fingerprint density at radius 2 is 1.69 bits per heavy atom. The van der Waals surface area contributed by atoms with Gasteiger partial charge in [0.25, 0.3) is 0 Å². The van der Waals surface area contributed by atoms with Crippen molar-refractivity contribution in [1.82, 2.24) is 15.2 Å². The van der Waals surface area contributed by atoms with Gasteiger partial charge in [-0.15, -0.1) is 0 Å². The van der Waals surface area contributed by atoms with Gasteiger partial charge in [0.1, 0.15) is 0 Å². The first-order chi connectivity index (χ1) is 12.7. The summed E-state index contributed by atoms with van der Waals surface area (Å²) in [6, 6.07) is 19.8. The van der Waals surface area contributed by atoms with Gasteiger partial charge in [-0.05, 0) is 17.9 Å². The zero-order valence-electron chi connectivity index (χ0n) is 14.5. The topological polar surface area (TPSA) is 59.3 Å². The van der Waals surface area contributed by atoms with Crippen LogP contribution in [0.2, 0.25) is 0 Å². The van der Waals surface area contributed by atoms with Crippen molar-refractivity contribution >= 4 is 11.6 Å². The van der Waals surface area contributed by atoms with E-state index >= 15 is 0 Å². The first kappa shape index (κ1) is 16.3. The Morgan fingerprint density at radius 1 is 1.08 bits per heavy atom. The highest BCUT2D eigenvalue weighted by atomic mass is 16.2. The van der Waals surface area contributed by atoms with E-state index in [1.165, 1.54) is 0 Å². The lowest BCUT2D eigenvalue weighted by atomic mass is 10.0. The number of carbonyl (C=O) groups excluding carboxylic acids is 1. The Bertz CT molecular complexity index is 889. The number of aromatic nitrogens is 2. The number of rotatable bonds is 5. The van der Waals surface area contributed by atoms with Crippen LogP contribution in [-0.2, 0) is 11.8 Å². The van der Waals surface area contributed by atoms with Crippen LogP contribution in [0, 0.1) is 5.92 Å². The number of hydrazone groups is 1. The number of hydrogen-bond acceptors (Lipinski definition) is 3. The molecule has 1 saturated carbocycles. The van der Waals surface area contributed by atoms with Crippen molar-refractivity contribution in [2.45, 2.75) is 12.3 Å². The Morgan fingerprint density at radius 3 is 2.23 bits per heavy atom. The molecule has 0 unspecified atom stereocenters. The first-order valence-electron chi connectivity index (χ1n) is 8.69. The fraction of sp³-hybridized carbons (Fsp3) is 0.190. The highest BCUT2D eigenvalue weighted by Gasteiger charge is 2.44. The third-order valence-corrected chi connectivity index (χ3v) is 4.65. The Kier molecular flexibility index (Phi) is 4.35. The lowest BCUT2D eigenvalue weighted by molar-refractivity contribution is -0.122. The third-order valence-electron chi connectivity index (χ3n) is 4.65. The van der Waals surface area contributed by atoms with E-state index in [1.807, 2.05) is 80.1 Å². The second-order valence-corrected chi connectivity index (χ2v) is 6.56. The summed E-state index contributed by atoms with van der Waals surface area (Å²) in [5.41, 5.74) is 6.59. The molecule has 1 N–H and O–H groups in total. The van der Waals surface area contributed by atoms with Gasteiger partial charge in [0, 0.05) is 30.3 Å². The van der Waals surface area contributed by atoms with Gasteiger partial charge < -0.3 is 0 Å². The molecule has 1 aliphatic carbocycles. The number of carbonyl (C=O) groups is 1. The van der Waals surface area contributed by atoms with Crippen molar-refractivity contribution in [3.05, 3.63) is 89.7 Å². The van der Waals surface area contributed by atoms with Crippen LogP contribution in [0.4, 0.5) is 0 Å². The van der Waals surface area contributed by atoms with Crippen LogP contribution in [-0.4, -0.2) is 21.4 Å². The fourth-order valence-electron chi connectivity index (χ4n) is 3.17. The summed E-state index contributed by atoms with van der Waals surface area (Å²) >= 11 is 0. The number of aryl methyl sites for hydroxylation is 1. The van der Waals surface area contributed by atoms with Crippen LogP contribution >= 0.6 is 0 Å². The second kappa shape index (κ2) is 6.96. The molecule has 0 radical (unpaired) electrons. The molecule has 1 amide bonds. The number of nitrogens with zero attached hydrogens (tertiary/aromatic N) is 3. The van der Waals surface area contributed by atoms with E-state index in [4.69, 9.17) is 0 Å². The normalized spacial score (nSPS) is 18.2. The Balaban J connectivity index is 1.52. The minimum atomic E-state index is -0.0387. The average Bonchev–Trinajstić information content (AvgIpc) is 3.37. The molecular formula is C21H20N4O.